The normalized spacial score (nSPS) is 30.7. The smallest absolute Gasteiger partial charge is 0.123 e. The molecule has 3 heteroatoms. The van der Waals surface area contributed by atoms with E-state index in [1.54, 1.807) is 12.1 Å². The van der Waals surface area contributed by atoms with Crippen molar-refractivity contribution in [3.63, 3.8) is 0 Å². The Morgan fingerprint density at radius 3 is 3.00 bits per heavy atom. The largest absolute Gasteiger partial charge is 0.356 e. The minimum Gasteiger partial charge on any atom is -0.356 e. The Morgan fingerprint density at radius 1 is 1.60 bits per heavy atom. The molecule has 82 valence electrons. The average Bonchev–Trinajstić information content (AvgIpc) is 2.45. The average molecular weight is 209 g/mol. The highest BCUT2D eigenvalue weighted by Gasteiger charge is 2.33. The third kappa shape index (κ3) is 2.55. The molecule has 0 radical (unpaired) electrons. The summed E-state index contributed by atoms with van der Waals surface area (Å²) in [4.78, 5) is 0. The topological polar surface area (TPSA) is 21.3 Å². The lowest BCUT2D eigenvalue weighted by molar-refractivity contribution is -0.0292. The van der Waals surface area contributed by atoms with Crippen molar-refractivity contribution in [2.45, 2.75) is 32.1 Å². The summed E-state index contributed by atoms with van der Waals surface area (Å²) >= 11 is 0. The minimum atomic E-state index is -0.354. The van der Waals surface area contributed by atoms with Gasteiger partial charge in [-0.3, -0.25) is 5.32 Å². The molecule has 0 spiro atoms. The molecule has 0 saturated carbocycles. The molecule has 2 nitrogen and oxygen atoms in total. The van der Waals surface area contributed by atoms with E-state index in [1.807, 2.05) is 19.9 Å². The summed E-state index contributed by atoms with van der Waals surface area (Å²) in [5.74, 6) is -0.192. The van der Waals surface area contributed by atoms with Gasteiger partial charge < -0.3 is 4.74 Å². The highest BCUT2D eigenvalue weighted by Crippen LogP contribution is 2.21. The van der Waals surface area contributed by atoms with E-state index in [9.17, 15) is 4.39 Å². The van der Waals surface area contributed by atoms with Crippen molar-refractivity contribution in [1.29, 1.82) is 0 Å². The Labute approximate surface area is 89.4 Å². The van der Waals surface area contributed by atoms with E-state index in [1.165, 1.54) is 6.07 Å². The van der Waals surface area contributed by atoms with Gasteiger partial charge in [-0.1, -0.05) is 12.1 Å². The fourth-order valence-corrected chi connectivity index (χ4v) is 2.03. The van der Waals surface area contributed by atoms with E-state index >= 15 is 0 Å². The van der Waals surface area contributed by atoms with Crippen molar-refractivity contribution in [3.05, 3.63) is 35.6 Å². The molecule has 15 heavy (non-hydrogen) atoms. The first-order valence-electron chi connectivity index (χ1n) is 5.25. The first kappa shape index (κ1) is 10.6. The van der Waals surface area contributed by atoms with Crippen LogP contribution >= 0.6 is 0 Å². The highest BCUT2D eigenvalue weighted by molar-refractivity contribution is 5.18. The first-order valence-corrected chi connectivity index (χ1v) is 5.25. The van der Waals surface area contributed by atoms with Crippen molar-refractivity contribution in [3.8, 4) is 0 Å². The standard InChI is InChI=1S/C12H16FNO/c1-9-8-14-12(2,15-9)7-10-4-3-5-11(13)6-10/h3-6,9,14H,7-8H2,1-2H3. The molecule has 2 unspecified atom stereocenters. The summed E-state index contributed by atoms with van der Waals surface area (Å²) in [6.07, 6.45) is 0.915. The van der Waals surface area contributed by atoms with Crippen molar-refractivity contribution in [1.82, 2.24) is 5.32 Å². The molecule has 2 atom stereocenters. The number of halogens is 1. The number of hydrogen-bond acceptors (Lipinski definition) is 2. The van der Waals surface area contributed by atoms with Gasteiger partial charge in [-0.25, -0.2) is 4.39 Å². The van der Waals surface area contributed by atoms with Crippen LogP contribution in [-0.2, 0) is 11.2 Å². The van der Waals surface area contributed by atoms with Gasteiger partial charge in [0.2, 0.25) is 0 Å². The predicted molar refractivity (Wildman–Crippen MR) is 57.1 cm³/mol. The molecule has 1 aromatic rings. The Morgan fingerprint density at radius 2 is 2.40 bits per heavy atom. The van der Waals surface area contributed by atoms with E-state index in [2.05, 4.69) is 5.32 Å². The molecule has 0 aliphatic carbocycles. The summed E-state index contributed by atoms with van der Waals surface area (Å²) in [6.45, 7) is 4.89. The second-order valence-electron chi connectivity index (χ2n) is 4.35. The van der Waals surface area contributed by atoms with E-state index in [-0.39, 0.29) is 17.6 Å². The Hall–Kier alpha value is -0.930. The Balaban J connectivity index is 2.08. The monoisotopic (exact) mass is 209 g/mol. The number of benzene rings is 1. The van der Waals surface area contributed by atoms with Crippen LogP contribution in [0.1, 0.15) is 19.4 Å². The van der Waals surface area contributed by atoms with Crippen molar-refractivity contribution < 1.29 is 9.13 Å². The van der Waals surface area contributed by atoms with Crippen LogP contribution in [0.3, 0.4) is 0 Å². The SMILES string of the molecule is CC1CNC(C)(Cc2cccc(F)c2)O1. The van der Waals surface area contributed by atoms with Crippen LogP contribution in [0, 0.1) is 5.82 Å². The fraction of sp³-hybridized carbons (Fsp3) is 0.500. The summed E-state index contributed by atoms with van der Waals surface area (Å²) in [5.41, 5.74) is 0.604. The van der Waals surface area contributed by atoms with E-state index in [0.717, 1.165) is 12.1 Å². The number of rotatable bonds is 2. The number of nitrogens with one attached hydrogen (secondary N) is 1. The van der Waals surface area contributed by atoms with Crippen LogP contribution in [0.2, 0.25) is 0 Å². The lowest BCUT2D eigenvalue weighted by Crippen LogP contribution is -2.39. The highest BCUT2D eigenvalue weighted by atomic mass is 19.1. The van der Waals surface area contributed by atoms with Gasteiger partial charge in [0.15, 0.2) is 0 Å². The molecular formula is C12H16FNO. The molecule has 1 fully saturated rings. The van der Waals surface area contributed by atoms with Gasteiger partial charge in [0.25, 0.3) is 0 Å². The molecule has 0 aromatic heterocycles. The summed E-state index contributed by atoms with van der Waals surface area (Å²) in [5, 5.41) is 3.31. The summed E-state index contributed by atoms with van der Waals surface area (Å²) in [6, 6.07) is 6.66. The van der Waals surface area contributed by atoms with Crippen LogP contribution in [0.15, 0.2) is 24.3 Å². The Bertz CT molecular complexity index is 355. The molecule has 1 N–H and O–H groups in total. The van der Waals surface area contributed by atoms with Gasteiger partial charge in [-0.05, 0) is 31.5 Å². The third-order valence-corrected chi connectivity index (χ3v) is 2.66. The molecule has 1 aliphatic rings. The molecule has 1 aliphatic heterocycles. The van der Waals surface area contributed by atoms with Gasteiger partial charge in [0.05, 0.1) is 6.10 Å². The van der Waals surface area contributed by atoms with Crippen molar-refractivity contribution >= 4 is 0 Å². The number of hydrogen-bond donors (Lipinski definition) is 1. The van der Waals surface area contributed by atoms with Crippen LogP contribution in [-0.4, -0.2) is 18.4 Å². The van der Waals surface area contributed by atoms with Crippen molar-refractivity contribution in [2.75, 3.05) is 6.54 Å². The van der Waals surface area contributed by atoms with E-state index < -0.39 is 0 Å². The first-order chi connectivity index (χ1) is 7.07. The van der Waals surface area contributed by atoms with Crippen LogP contribution in [0.4, 0.5) is 4.39 Å². The van der Waals surface area contributed by atoms with Gasteiger partial charge >= 0.3 is 0 Å². The lowest BCUT2D eigenvalue weighted by atomic mass is 10.0. The number of ether oxygens (including phenoxy) is 1. The maximum atomic E-state index is 13.0. The van der Waals surface area contributed by atoms with Crippen molar-refractivity contribution in [2.24, 2.45) is 0 Å². The molecule has 1 heterocycles. The van der Waals surface area contributed by atoms with Crippen LogP contribution < -0.4 is 5.32 Å². The second-order valence-corrected chi connectivity index (χ2v) is 4.35. The van der Waals surface area contributed by atoms with Crippen LogP contribution in [0.5, 0.6) is 0 Å². The predicted octanol–water partition coefficient (Wildman–Crippen LogP) is 2.09. The van der Waals surface area contributed by atoms with Gasteiger partial charge in [-0.15, -0.1) is 0 Å². The molecule has 0 amide bonds. The molecule has 0 bridgehead atoms. The second kappa shape index (κ2) is 3.91. The minimum absolute atomic E-state index is 0.192. The Kier molecular flexibility index (Phi) is 2.76. The zero-order valence-electron chi connectivity index (χ0n) is 9.09. The molecule has 2 rings (SSSR count). The maximum Gasteiger partial charge on any atom is 0.123 e. The van der Waals surface area contributed by atoms with Gasteiger partial charge in [0, 0.05) is 13.0 Å². The lowest BCUT2D eigenvalue weighted by Gasteiger charge is -2.24. The zero-order chi connectivity index (χ0) is 10.9. The molecule has 1 saturated heterocycles. The maximum absolute atomic E-state index is 13.0. The summed E-state index contributed by atoms with van der Waals surface area (Å²) < 4.78 is 18.7. The fourth-order valence-electron chi connectivity index (χ4n) is 2.03. The zero-order valence-corrected chi connectivity index (χ0v) is 9.09. The van der Waals surface area contributed by atoms with E-state index in [4.69, 9.17) is 4.74 Å². The molecule has 1 aromatic carbocycles. The summed E-state index contributed by atoms with van der Waals surface area (Å²) in [7, 11) is 0. The van der Waals surface area contributed by atoms with Gasteiger partial charge in [0.1, 0.15) is 11.5 Å². The molecular weight excluding hydrogens is 193 g/mol. The van der Waals surface area contributed by atoms with E-state index in [0.29, 0.717) is 6.42 Å². The van der Waals surface area contributed by atoms with Gasteiger partial charge in [-0.2, -0.15) is 0 Å². The quantitative estimate of drug-likeness (QED) is 0.805. The van der Waals surface area contributed by atoms with Crippen LogP contribution in [0.25, 0.3) is 0 Å². The third-order valence-electron chi connectivity index (χ3n) is 2.66.